The molecule has 0 aromatic heterocycles. The summed E-state index contributed by atoms with van der Waals surface area (Å²) >= 11 is 0. The van der Waals surface area contributed by atoms with Crippen LogP contribution in [0.15, 0.2) is 0 Å². The van der Waals surface area contributed by atoms with Crippen LogP contribution in [-0.4, -0.2) is 54.2 Å². The first kappa shape index (κ1) is 22.0. The fourth-order valence-electron chi connectivity index (χ4n) is 6.43. The van der Waals surface area contributed by atoms with Crippen LogP contribution in [0, 0.1) is 29.6 Å². The summed E-state index contributed by atoms with van der Waals surface area (Å²) in [6.45, 7) is 8.48. The molecule has 30 heavy (non-hydrogen) atoms. The number of hydrogen-bond acceptors (Lipinski definition) is 4. The molecule has 4 fully saturated rings. The predicted molar refractivity (Wildman–Crippen MR) is 113 cm³/mol. The second-order valence-corrected chi connectivity index (χ2v) is 11.2. The largest absolute Gasteiger partial charge is 0.460 e. The summed E-state index contributed by atoms with van der Waals surface area (Å²) in [7, 11) is 0. The van der Waals surface area contributed by atoms with Crippen molar-refractivity contribution in [2.24, 2.45) is 29.6 Å². The molecule has 6 heteroatoms. The molecule has 4 rings (SSSR count). The van der Waals surface area contributed by atoms with Gasteiger partial charge in [0.05, 0.1) is 5.92 Å². The Morgan fingerprint density at radius 2 is 1.77 bits per heavy atom. The minimum Gasteiger partial charge on any atom is -0.460 e. The Labute approximate surface area is 180 Å². The van der Waals surface area contributed by atoms with Gasteiger partial charge in [0, 0.05) is 19.0 Å². The minimum atomic E-state index is -1.16. The molecule has 7 unspecified atom stereocenters. The van der Waals surface area contributed by atoms with Crippen LogP contribution in [0.3, 0.4) is 0 Å². The predicted octanol–water partition coefficient (Wildman–Crippen LogP) is 3.71. The van der Waals surface area contributed by atoms with Gasteiger partial charge in [-0.25, -0.2) is 4.39 Å². The van der Waals surface area contributed by atoms with E-state index in [1.165, 1.54) is 12.8 Å². The van der Waals surface area contributed by atoms with Crippen molar-refractivity contribution in [3.63, 3.8) is 0 Å². The number of ether oxygens (including phenoxy) is 1. The van der Waals surface area contributed by atoms with E-state index in [9.17, 15) is 14.0 Å². The lowest BCUT2D eigenvalue weighted by molar-refractivity contribution is -0.164. The number of nitrogens with one attached hydrogen (secondary N) is 1. The standard InChI is InChI=1S/C24H39FN2O3/c1-24(2,3)30-23(29)20-7-5-15(11-21(20)25)18-12-22(28)27(14-18)19-6-4-17-13-26-9-8-16(17)10-19/h15-21,26H,4-14H2,1-3H3. The number of amides is 1. The zero-order valence-corrected chi connectivity index (χ0v) is 18.9. The third-order valence-electron chi connectivity index (χ3n) is 8.03. The summed E-state index contributed by atoms with van der Waals surface area (Å²) in [6, 6.07) is 0.376. The first-order valence-electron chi connectivity index (χ1n) is 12.1. The van der Waals surface area contributed by atoms with Gasteiger partial charge in [-0.1, -0.05) is 0 Å². The summed E-state index contributed by atoms with van der Waals surface area (Å²) in [5.41, 5.74) is -0.584. The van der Waals surface area contributed by atoms with Crippen LogP contribution in [0.5, 0.6) is 0 Å². The van der Waals surface area contributed by atoms with Gasteiger partial charge in [-0.3, -0.25) is 9.59 Å². The molecule has 170 valence electrons. The van der Waals surface area contributed by atoms with E-state index in [2.05, 4.69) is 10.2 Å². The third-order valence-corrected chi connectivity index (χ3v) is 8.03. The molecule has 2 saturated carbocycles. The van der Waals surface area contributed by atoms with Crippen LogP contribution in [-0.2, 0) is 14.3 Å². The number of piperidine rings is 1. The quantitative estimate of drug-likeness (QED) is 0.705. The van der Waals surface area contributed by atoms with E-state index >= 15 is 0 Å². The van der Waals surface area contributed by atoms with Crippen molar-refractivity contribution in [3.05, 3.63) is 0 Å². The average molecular weight is 423 g/mol. The van der Waals surface area contributed by atoms with Gasteiger partial charge in [0.15, 0.2) is 0 Å². The van der Waals surface area contributed by atoms with E-state index in [4.69, 9.17) is 4.74 Å². The molecular formula is C24H39FN2O3. The second-order valence-electron chi connectivity index (χ2n) is 11.2. The van der Waals surface area contributed by atoms with Gasteiger partial charge in [-0.2, -0.15) is 0 Å². The number of halogens is 1. The van der Waals surface area contributed by atoms with Crippen LogP contribution in [0.2, 0.25) is 0 Å². The van der Waals surface area contributed by atoms with Crippen molar-refractivity contribution in [2.75, 3.05) is 19.6 Å². The van der Waals surface area contributed by atoms with E-state index in [1.54, 1.807) is 0 Å². The number of hydrogen-bond donors (Lipinski definition) is 1. The van der Waals surface area contributed by atoms with Gasteiger partial charge in [-0.15, -0.1) is 0 Å². The highest BCUT2D eigenvalue weighted by Crippen LogP contribution is 2.43. The monoisotopic (exact) mass is 422 g/mol. The Hall–Kier alpha value is -1.17. The van der Waals surface area contributed by atoms with Gasteiger partial charge in [-0.05, 0) is 102 Å². The first-order valence-corrected chi connectivity index (χ1v) is 12.1. The highest BCUT2D eigenvalue weighted by atomic mass is 19.1. The zero-order chi connectivity index (χ0) is 21.5. The van der Waals surface area contributed by atoms with Gasteiger partial charge in [0.1, 0.15) is 11.8 Å². The van der Waals surface area contributed by atoms with Crippen LogP contribution in [0.1, 0.15) is 72.1 Å². The molecule has 4 aliphatic rings. The fourth-order valence-corrected chi connectivity index (χ4v) is 6.43. The fraction of sp³-hybridized carbons (Fsp3) is 0.917. The molecule has 2 aliphatic heterocycles. The Bertz CT molecular complexity index is 649. The maximum absolute atomic E-state index is 14.9. The van der Waals surface area contributed by atoms with Crippen molar-refractivity contribution in [1.29, 1.82) is 0 Å². The summed E-state index contributed by atoms with van der Waals surface area (Å²) in [5.74, 6) is 1.17. The lowest BCUT2D eigenvalue weighted by Crippen LogP contribution is -2.47. The Morgan fingerprint density at radius 3 is 2.50 bits per heavy atom. The third kappa shape index (κ3) is 4.84. The Balaban J connectivity index is 1.31. The van der Waals surface area contributed by atoms with Gasteiger partial charge in [0.25, 0.3) is 0 Å². The highest BCUT2D eigenvalue weighted by molar-refractivity contribution is 5.79. The molecule has 2 saturated heterocycles. The lowest BCUT2D eigenvalue weighted by Gasteiger charge is -2.43. The van der Waals surface area contributed by atoms with E-state index in [-0.39, 0.29) is 17.7 Å². The Kier molecular flexibility index (Phi) is 6.43. The summed E-state index contributed by atoms with van der Waals surface area (Å²) in [6.07, 6.45) is 5.82. The van der Waals surface area contributed by atoms with E-state index in [0.717, 1.165) is 50.7 Å². The molecule has 2 aliphatic carbocycles. The van der Waals surface area contributed by atoms with Gasteiger partial charge < -0.3 is 15.0 Å². The number of carbonyl (C=O) groups excluding carboxylic acids is 2. The highest BCUT2D eigenvalue weighted by Gasteiger charge is 2.45. The topological polar surface area (TPSA) is 58.6 Å². The van der Waals surface area contributed by atoms with Crippen molar-refractivity contribution < 1.29 is 18.7 Å². The second kappa shape index (κ2) is 8.76. The molecule has 2 heterocycles. The zero-order valence-electron chi connectivity index (χ0n) is 18.9. The number of nitrogens with zero attached hydrogens (tertiary/aromatic N) is 1. The van der Waals surface area contributed by atoms with Gasteiger partial charge in [0.2, 0.25) is 5.91 Å². The summed E-state index contributed by atoms with van der Waals surface area (Å²) < 4.78 is 20.3. The van der Waals surface area contributed by atoms with Crippen molar-refractivity contribution in [1.82, 2.24) is 10.2 Å². The van der Waals surface area contributed by atoms with Crippen LogP contribution in [0.4, 0.5) is 4.39 Å². The number of alkyl halides is 1. The van der Waals surface area contributed by atoms with Crippen molar-refractivity contribution in [2.45, 2.75) is 90.0 Å². The molecule has 0 aromatic carbocycles. The number of likely N-dealkylation sites (tertiary alicyclic amines) is 1. The van der Waals surface area contributed by atoms with Crippen LogP contribution in [0.25, 0.3) is 0 Å². The first-order chi connectivity index (χ1) is 14.2. The van der Waals surface area contributed by atoms with Crippen LogP contribution < -0.4 is 5.32 Å². The maximum atomic E-state index is 14.9. The summed E-state index contributed by atoms with van der Waals surface area (Å²) in [4.78, 5) is 27.3. The van der Waals surface area contributed by atoms with Gasteiger partial charge >= 0.3 is 5.97 Å². The molecular weight excluding hydrogens is 383 g/mol. The summed E-state index contributed by atoms with van der Waals surface area (Å²) in [5, 5.41) is 3.51. The molecule has 0 bridgehead atoms. The molecule has 1 N–H and O–H groups in total. The molecule has 1 amide bonds. The molecule has 0 radical (unpaired) electrons. The Morgan fingerprint density at radius 1 is 1.03 bits per heavy atom. The van der Waals surface area contributed by atoms with E-state index in [0.29, 0.717) is 25.3 Å². The number of esters is 1. The SMILES string of the molecule is CC(C)(C)OC(=O)C1CCC(C2CC(=O)N(C3CCC4CNCCC4C3)C2)CC1F. The smallest absolute Gasteiger partial charge is 0.312 e. The molecule has 0 aromatic rings. The van der Waals surface area contributed by atoms with E-state index in [1.807, 2.05) is 20.8 Å². The molecule has 5 nitrogen and oxygen atoms in total. The normalized spacial score (nSPS) is 40.2. The molecule has 0 spiro atoms. The maximum Gasteiger partial charge on any atom is 0.312 e. The van der Waals surface area contributed by atoms with Crippen molar-refractivity contribution >= 4 is 11.9 Å². The van der Waals surface area contributed by atoms with Crippen molar-refractivity contribution in [3.8, 4) is 0 Å². The number of rotatable bonds is 3. The molecule has 7 atom stereocenters. The number of carbonyl (C=O) groups is 2. The van der Waals surface area contributed by atoms with Crippen LogP contribution >= 0.6 is 0 Å². The number of fused-ring (bicyclic) bond motifs is 1. The lowest BCUT2D eigenvalue weighted by atomic mass is 9.73. The van der Waals surface area contributed by atoms with E-state index < -0.39 is 23.7 Å². The minimum absolute atomic E-state index is 0.197. The average Bonchev–Trinajstić information content (AvgIpc) is 3.08.